The number of aryl methyl sites for hydroxylation is 1. The Morgan fingerprint density at radius 3 is 3.12 bits per heavy atom. The highest BCUT2D eigenvalue weighted by Crippen LogP contribution is 2.17. The molecule has 4 heteroatoms. The van der Waals surface area contributed by atoms with Gasteiger partial charge in [0.05, 0.1) is 18.8 Å². The molecule has 1 aromatic heterocycles. The van der Waals surface area contributed by atoms with Crippen LogP contribution in [0.25, 0.3) is 0 Å². The smallest absolute Gasteiger partial charge is 0.223 e. The number of rotatable bonds is 3. The van der Waals surface area contributed by atoms with Crippen LogP contribution >= 0.6 is 11.3 Å². The maximum Gasteiger partial charge on any atom is 0.223 e. The number of hydrogen-bond acceptors (Lipinski definition) is 3. The molecule has 1 amide bonds. The highest BCUT2D eigenvalue weighted by atomic mass is 32.1. The SMILES string of the molecule is CC1OCCN(C(=O)CCc2cccs2)C1C. The summed E-state index contributed by atoms with van der Waals surface area (Å²) in [5.74, 6) is 0.251. The van der Waals surface area contributed by atoms with Crippen LogP contribution in [0.3, 0.4) is 0 Å². The molecule has 1 aliphatic heterocycles. The Bertz CT molecular complexity index is 364. The van der Waals surface area contributed by atoms with Gasteiger partial charge < -0.3 is 9.64 Å². The molecule has 0 bridgehead atoms. The van der Waals surface area contributed by atoms with E-state index in [-0.39, 0.29) is 18.1 Å². The molecule has 1 aliphatic rings. The summed E-state index contributed by atoms with van der Waals surface area (Å²) in [6, 6.07) is 4.31. The van der Waals surface area contributed by atoms with Crippen molar-refractivity contribution >= 4 is 17.2 Å². The number of morpholine rings is 1. The molecular formula is C13H19NO2S. The first-order valence-electron chi connectivity index (χ1n) is 6.12. The van der Waals surface area contributed by atoms with Crippen LogP contribution in [-0.2, 0) is 16.0 Å². The van der Waals surface area contributed by atoms with Crippen molar-refractivity contribution < 1.29 is 9.53 Å². The zero-order chi connectivity index (χ0) is 12.3. The van der Waals surface area contributed by atoms with Crippen molar-refractivity contribution in [2.45, 2.75) is 38.8 Å². The van der Waals surface area contributed by atoms with E-state index < -0.39 is 0 Å². The second kappa shape index (κ2) is 5.65. The molecule has 0 aromatic carbocycles. The molecule has 1 fully saturated rings. The standard InChI is InChI=1S/C13H19NO2S/c1-10-11(2)16-8-7-14(10)13(15)6-5-12-4-3-9-17-12/h3-4,9-11H,5-8H2,1-2H3. The summed E-state index contributed by atoms with van der Waals surface area (Å²) in [4.78, 5) is 15.4. The quantitative estimate of drug-likeness (QED) is 0.827. The van der Waals surface area contributed by atoms with Crippen molar-refractivity contribution in [3.8, 4) is 0 Å². The lowest BCUT2D eigenvalue weighted by atomic mass is 10.1. The number of carbonyl (C=O) groups excluding carboxylic acids is 1. The monoisotopic (exact) mass is 253 g/mol. The van der Waals surface area contributed by atoms with Crippen molar-refractivity contribution in [3.05, 3.63) is 22.4 Å². The first-order chi connectivity index (χ1) is 8.18. The third-order valence-electron chi connectivity index (χ3n) is 3.37. The summed E-state index contributed by atoms with van der Waals surface area (Å²) in [7, 11) is 0. The van der Waals surface area contributed by atoms with Crippen molar-refractivity contribution in [1.82, 2.24) is 4.90 Å². The molecule has 94 valence electrons. The second-order valence-electron chi connectivity index (χ2n) is 4.48. The number of amides is 1. The maximum atomic E-state index is 12.1. The Morgan fingerprint density at radius 2 is 2.41 bits per heavy atom. The fourth-order valence-electron chi connectivity index (χ4n) is 2.11. The highest BCUT2D eigenvalue weighted by molar-refractivity contribution is 7.09. The van der Waals surface area contributed by atoms with Gasteiger partial charge in [-0.3, -0.25) is 4.79 Å². The van der Waals surface area contributed by atoms with Crippen LogP contribution in [0.5, 0.6) is 0 Å². The van der Waals surface area contributed by atoms with Gasteiger partial charge in [0.15, 0.2) is 0 Å². The van der Waals surface area contributed by atoms with Gasteiger partial charge >= 0.3 is 0 Å². The van der Waals surface area contributed by atoms with Crippen molar-refractivity contribution in [2.75, 3.05) is 13.2 Å². The van der Waals surface area contributed by atoms with E-state index in [4.69, 9.17) is 4.74 Å². The molecule has 0 radical (unpaired) electrons. The summed E-state index contributed by atoms with van der Waals surface area (Å²) in [6.07, 6.45) is 1.61. The first-order valence-corrected chi connectivity index (χ1v) is 7.00. The lowest BCUT2D eigenvalue weighted by molar-refractivity contribution is -0.143. The predicted molar refractivity (Wildman–Crippen MR) is 69.2 cm³/mol. The average Bonchev–Trinajstić information content (AvgIpc) is 2.82. The van der Waals surface area contributed by atoms with Gasteiger partial charge in [0, 0.05) is 17.8 Å². The Kier molecular flexibility index (Phi) is 4.18. The summed E-state index contributed by atoms with van der Waals surface area (Å²) in [5.41, 5.74) is 0. The van der Waals surface area contributed by atoms with E-state index >= 15 is 0 Å². The summed E-state index contributed by atoms with van der Waals surface area (Å²) < 4.78 is 5.53. The molecule has 17 heavy (non-hydrogen) atoms. The molecule has 1 aromatic rings. The molecule has 2 heterocycles. The minimum atomic E-state index is 0.148. The third kappa shape index (κ3) is 3.07. The summed E-state index contributed by atoms with van der Waals surface area (Å²) in [5, 5.41) is 2.05. The molecule has 0 aliphatic carbocycles. The molecule has 0 saturated carbocycles. The summed E-state index contributed by atoms with van der Waals surface area (Å²) >= 11 is 1.72. The topological polar surface area (TPSA) is 29.5 Å². The fraction of sp³-hybridized carbons (Fsp3) is 0.615. The third-order valence-corrected chi connectivity index (χ3v) is 4.31. The van der Waals surface area contributed by atoms with Crippen molar-refractivity contribution in [3.63, 3.8) is 0 Å². The van der Waals surface area contributed by atoms with Gasteiger partial charge in [-0.1, -0.05) is 6.07 Å². The van der Waals surface area contributed by atoms with Gasteiger partial charge in [0.2, 0.25) is 5.91 Å². The summed E-state index contributed by atoms with van der Waals surface area (Å²) in [6.45, 7) is 5.49. The van der Waals surface area contributed by atoms with Crippen molar-refractivity contribution in [2.24, 2.45) is 0 Å². The van der Waals surface area contributed by atoms with E-state index in [2.05, 4.69) is 18.4 Å². The van der Waals surface area contributed by atoms with E-state index in [0.717, 1.165) is 13.0 Å². The molecular weight excluding hydrogens is 234 g/mol. The number of hydrogen-bond donors (Lipinski definition) is 0. The zero-order valence-electron chi connectivity index (χ0n) is 10.4. The van der Waals surface area contributed by atoms with Crippen LogP contribution < -0.4 is 0 Å². The predicted octanol–water partition coefficient (Wildman–Crippen LogP) is 2.32. The molecule has 2 rings (SSSR count). The molecule has 2 atom stereocenters. The second-order valence-corrected chi connectivity index (χ2v) is 5.52. The van der Waals surface area contributed by atoms with Gasteiger partial charge in [0.25, 0.3) is 0 Å². The van der Waals surface area contributed by atoms with Gasteiger partial charge in [-0.15, -0.1) is 11.3 Å². The number of ether oxygens (including phenoxy) is 1. The Balaban J connectivity index is 1.86. The Morgan fingerprint density at radius 1 is 1.59 bits per heavy atom. The van der Waals surface area contributed by atoms with E-state index in [1.807, 2.05) is 17.9 Å². The number of nitrogens with zero attached hydrogens (tertiary/aromatic N) is 1. The van der Waals surface area contributed by atoms with Gasteiger partial charge in [-0.05, 0) is 31.7 Å². The highest BCUT2D eigenvalue weighted by Gasteiger charge is 2.28. The van der Waals surface area contributed by atoms with E-state index in [1.165, 1.54) is 4.88 Å². The Labute approximate surface area is 106 Å². The molecule has 2 unspecified atom stereocenters. The van der Waals surface area contributed by atoms with E-state index in [0.29, 0.717) is 13.0 Å². The maximum absolute atomic E-state index is 12.1. The molecule has 3 nitrogen and oxygen atoms in total. The molecule has 0 N–H and O–H groups in total. The van der Waals surface area contributed by atoms with Gasteiger partial charge in [0.1, 0.15) is 0 Å². The van der Waals surface area contributed by atoms with E-state index in [1.54, 1.807) is 11.3 Å². The average molecular weight is 253 g/mol. The largest absolute Gasteiger partial charge is 0.375 e. The van der Waals surface area contributed by atoms with Crippen LogP contribution in [-0.4, -0.2) is 36.1 Å². The van der Waals surface area contributed by atoms with Crippen LogP contribution in [0.15, 0.2) is 17.5 Å². The Hall–Kier alpha value is -0.870. The van der Waals surface area contributed by atoms with Crippen LogP contribution in [0.4, 0.5) is 0 Å². The minimum absolute atomic E-state index is 0.148. The fourth-order valence-corrected chi connectivity index (χ4v) is 2.82. The first kappa shape index (κ1) is 12.6. The van der Waals surface area contributed by atoms with Gasteiger partial charge in [-0.2, -0.15) is 0 Å². The number of carbonyl (C=O) groups is 1. The lowest BCUT2D eigenvalue weighted by Crippen LogP contribution is -2.51. The van der Waals surface area contributed by atoms with Crippen molar-refractivity contribution in [1.29, 1.82) is 0 Å². The van der Waals surface area contributed by atoms with E-state index in [9.17, 15) is 4.79 Å². The number of thiophene rings is 1. The van der Waals surface area contributed by atoms with Crippen LogP contribution in [0, 0.1) is 0 Å². The van der Waals surface area contributed by atoms with Crippen LogP contribution in [0.2, 0.25) is 0 Å². The molecule has 0 spiro atoms. The zero-order valence-corrected chi connectivity index (χ0v) is 11.2. The lowest BCUT2D eigenvalue weighted by Gasteiger charge is -2.37. The van der Waals surface area contributed by atoms with Gasteiger partial charge in [-0.25, -0.2) is 0 Å². The minimum Gasteiger partial charge on any atom is -0.375 e. The van der Waals surface area contributed by atoms with Crippen LogP contribution in [0.1, 0.15) is 25.1 Å². The molecule has 1 saturated heterocycles. The normalized spacial score (nSPS) is 24.9.